The Hall–Kier alpha value is -3.31. The molecule has 0 aliphatic carbocycles. The van der Waals surface area contributed by atoms with Crippen LogP contribution >= 0.6 is 15.9 Å². The number of hydrazone groups is 1. The van der Waals surface area contributed by atoms with Crippen LogP contribution in [0.25, 0.3) is 22.5 Å². The van der Waals surface area contributed by atoms with Gasteiger partial charge in [-0.2, -0.15) is 5.10 Å². The Morgan fingerprint density at radius 3 is 1.77 bits per heavy atom. The molecule has 0 saturated heterocycles. The van der Waals surface area contributed by atoms with E-state index in [1.807, 2.05) is 80.7 Å². The Morgan fingerprint density at radius 2 is 1.27 bits per heavy atom. The molecule has 5 heteroatoms. The normalized spacial score (nSPS) is 11.4. The van der Waals surface area contributed by atoms with Gasteiger partial charge in [0.1, 0.15) is 0 Å². The van der Waals surface area contributed by atoms with Crippen LogP contribution in [0.2, 0.25) is 0 Å². The van der Waals surface area contributed by atoms with Crippen molar-refractivity contribution in [3.63, 3.8) is 0 Å². The van der Waals surface area contributed by atoms with Crippen LogP contribution in [-0.4, -0.2) is 22.7 Å². The summed E-state index contributed by atoms with van der Waals surface area (Å²) in [5, 5.41) is 6.46. The van der Waals surface area contributed by atoms with Crippen LogP contribution < -0.4 is 5.01 Å². The highest BCUT2D eigenvalue weighted by atomic mass is 79.9. The highest BCUT2D eigenvalue weighted by Gasteiger charge is 2.12. The summed E-state index contributed by atoms with van der Waals surface area (Å²) >= 11 is 3.47. The number of benzene rings is 3. The molecule has 0 aliphatic rings. The van der Waals surface area contributed by atoms with Crippen molar-refractivity contribution in [3.8, 4) is 22.5 Å². The van der Waals surface area contributed by atoms with Crippen LogP contribution in [-0.2, 0) is 0 Å². The summed E-state index contributed by atoms with van der Waals surface area (Å²) in [5.41, 5.74) is 5.75. The second-order valence-electron chi connectivity index (χ2n) is 6.89. The first kappa shape index (κ1) is 20.0. The zero-order valence-electron chi connectivity index (χ0n) is 16.8. The largest absolute Gasteiger partial charge is 0.247 e. The van der Waals surface area contributed by atoms with Crippen molar-refractivity contribution in [1.29, 1.82) is 0 Å². The minimum atomic E-state index is 0.548. The Morgan fingerprint density at radius 1 is 0.767 bits per heavy atom. The van der Waals surface area contributed by atoms with Gasteiger partial charge < -0.3 is 0 Å². The lowest BCUT2D eigenvalue weighted by atomic mass is 10.1. The van der Waals surface area contributed by atoms with Gasteiger partial charge in [0.2, 0.25) is 5.95 Å². The molecule has 0 aliphatic heterocycles. The number of hydrogen-bond donors (Lipinski definition) is 0. The maximum Gasteiger partial charge on any atom is 0.247 e. The molecule has 4 nitrogen and oxygen atoms in total. The molecule has 1 heterocycles. The van der Waals surface area contributed by atoms with Gasteiger partial charge in [-0.25, -0.2) is 15.0 Å². The third-order valence-electron chi connectivity index (χ3n) is 4.70. The number of hydrogen-bond acceptors (Lipinski definition) is 4. The van der Waals surface area contributed by atoms with E-state index in [1.165, 1.54) is 0 Å². The average molecular weight is 457 g/mol. The summed E-state index contributed by atoms with van der Waals surface area (Å²) in [6, 6.07) is 30.4. The monoisotopic (exact) mass is 456 g/mol. The van der Waals surface area contributed by atoms with Gasteiger partial charge in [0.25, 0.3) is 0 Å². The minimum Gasteiger partial charge on any atom is -0.235 e. The van der Waals surface area contributed by atoms with Gasteiger partial charge >= 0.3 is 0 Å². The molecule has 0 unspecified atom stereocenters. The van der Waals surface area contributed by atoms with E-state index in [4.69, 9.17) is 15.1 Å². The fourth-order valence-corrected chi connectivity index (χ4v) is 3.38. The van der Waals surface area contributed by atoms with Crippen LogP contribution in [0.3, 0.4) is 0 Å². The van der Waals surface area contributed by atoms with E-state index in [0.717, 1.165) is 38.3 Å². The predicted octanol–water partition coefficient (Wildman–Crippen LogP) is 6.43. The van der Waals surface area contributed by atoms with Crippen molar-refractivity contribution in [2.45, 2.75) is 6.92 Å². The lowest BCUT2D eigenvalue weighted by molar-refractivity contribution is 0.932. The van der Waals surface area contributed by atoms with E-state index in [1.54, 1.807) is 5.01 Å². The van der Waals surface area contributed by atoms with Crippen LogP contribution in [0.1, 0.15) is 12.5 Å². The topological polar surface area (TPSA) is 41.4 Å². The number of anilines is 1. The summed E-state index contributed by atoms with van der Waals surface area (Å²) in [6.07, 6.45) is 0. The maximum atomic E-state index is 4.79. The molecule has 4 aromatic rings. The number of aromatic nitrogens is 2. The fraction of sp³-hybridized carbons (Fsp3) is 0.0800. The maximum absolute atomic E-state index is 4.79. The van der Waals surface area contributed by atoms with Gasteiger partial charge in [0.15, 0.2) is 0 Å². The van der Waals surface area contributed by atoms with Crippen molar-refractivity contribution in [3.05, 3.63) is 101 Å². The Labute approximate surface area is 185 Å². The van der Waals surface area contributed by atoms with Crippen molar-refractivity contribution in [2.24, 2.45) is 5.10 Å². The van der Waals surface area contributed by atoms with E-state index in [2.05, 4.69) is 40.2 Å². The van der Waals surface area contributed by atoms with Crippen LogP contribution in [0.4, 0.5) is 5.95 Å². The number of rotatable bonds is 5. The number of halogens is 1. The van der Waals surface area contributed by atoms with Crippen LogP contribution in [0, 0.1) is 0 Å². The standard InChI is InChI=1S/C25H21BrN4/c1-18(19-13-15-22(26)16-14-19)29-30(2)25-27-23(20-9-5-3-6-10-20)17-24(28-25)21-11-7-4-8-12-21/h3-17H,1-2H3. The van der Waals surface area contributed by atoms with Gasteiger partial charge in [-0.15, -0.1) is 0 Å². The molecular formula is C25H21BrN4. The SMILES string of the molecule is CC(=NN(C)c1nc(-c2ccccc2)cc(-c2ccccc2)n1)c1ccc(Br)cc1. The third kappa shape index (κ3) is 4.63. The first-order chi connectivity index (χ1) is 14.6. The van der Waals surface area contributed by atoms with E-state index in [0.29, 0.717) is 5.95 Å². The Kier molecular flexibility index (Phi) is 6.00. The van der Waals surface area contributed by atoms with Crippen LogP contribution in [0.15, 0.2) is 101 Å². The molecule has 3 aromatic carbocycles. The smallest absolute Gasteiger partial charge is 0.235 e. The van der Waals surface area contributed by atoms with E-state index in [-0.39, 0.29) is 0 Å². The minimum absolute atomic E-state index is 0.548. The Bertz CT molecular complexity index is 1100. The second kappa shape index (κ2) is 9.01. The molecule has 148 valence electrons. The van der Waals surface area contributed by atoms with Crippen molar-refractivity contribution in [1.82, 2.24) is 9.97 Å². The third-order valence-corrected chi connectivity index (χ3v) is 5.23. The van der Waals surface area contributed by atoms with E-state index < -0.39 is 0 Å². The van der Waals surface area contributed by atoms with E-state index >= 15 is 0 Å². The quantitative estimate of drug-likeness (QED) is 0.256. The second-order valence-corrected chi connectivity index (χ2v) is 7.80. The summed E-state index contributed by atoms with van der Waals surface area (Å²) < 4.78 is 1.04. The van der Waals surface area contributed by atoms with Gasteiger partial charge in [-0.1, -0.05) is 88.7 Å². The molecule has 0 atom stereocenters. The van der Waals surface area contributed by atoms with Crippen molar-refractivity contribution >= 4 is 27.6 Å². The average Bonchev–Trinajstić information content (AvgIpc) is 2.80. The fourth-order valence-electron chi connectivity index (χ4n) is 3.11. The molecule has 0 fully saturated rings. The highest BCUT2D eigenvalue weighted by molar-refractivity contribution is 9.10. The van der Waals surface area contributed by atoms with Gasteiger partial charge in [0, 0.05) is 22.6 Å². The lowest BCUT2D eigenvalue weighted by Gasteiger charge is -2.15. The van der Waals surface area contributed by atoms with Crippen molar-refractivity contribution in [2.75, 3.05) is 12.1 Å². The molecule has 0 spiro atoms. The summed E-state index contributed by atoms with van der Waals surface area (Å²) in [7, 11) is 1.88. The zero-order chi connectivity index (χ0) is 20.9. The molecule has 30 heavy (non-hydrogen) atoms. The van der Waals surface area contributed by atoms with E-state index in [9.17, 15) is 0 Å². The first-order valence-electron chi connectivity index (χ1n) is 9.65. The van der Waals surface area contributed by atoms with Crippen LogP contribution in [0.5, 0.6) is 0 Å². The zero-order valence-corrected chi connectivity index (χ0v) is 18.4. The molecule has 1 aromatic heterocycles. The molecule has 0 radical (unpaired) electrons. The van der Waals surface area contributed by atoms with Crippen molar-refractivity contribution < 1.29 is 0 Å². The van der Waals surface area contributed by atoms with Gasteiger partial charge in [-0.05, 0) is 30.7 Å². The molecule has 4 rings (SSSR count). The summed E-state index contributed by atoms with van der Waals surface area (Å²) in [4.78, 5) is 9.58. The predicted molar refractivity (Wildman–Crippen MR) is 128 cm³/mol. The molecule has 0 bridgehead atoms. The van der Waals surface area contributed by atoms with Gasteiger partial charge in [0.05, 0.1) is 17.1 Å². The summed E-state index contributed by atoms with van der Waals surface area (Å²) in [6.45, 7) is 1.99. The molecule has 0 N–H and O–H groups in total. The molecular weight excluding hydrogens is 436 g/mol. The molecule has 0 amide bonds. The van der Waals surface area contributed by atoms with Gasteiger partial charge in [-0.3, -0.25) is 0 Å². The lowest BCUT2D eigenvalue weighted by Crippen LogP contribution is -2.16. The summed E-state index contributed by atoms with van der Waals surface area (Å²) in [5.74, 6) is 0.548. The molecule has 0 saturated carbocycles. The first-order valence-corrected chi connectivity index (χ1v) is 10.4. The number of nitrogens with zero attached hydrogens (tertiary/aromatic N) is 4. The highest BCUT2D eigenvalue weighted by Crippen LogP contribution is 2.26. The Balaban J connectivity index is 1.76.